The number of aryl methyl sites for hydroxylation is 1. The highest BCUT2D eigenvalue weighted by molar-refractivity contribution is 6.00. The zero-order chi connectivity index (χ0) is 26.6. The average molecular weight is 501 g/mol. The normalized spacial score (nSPS) is 15.4. The molecule has 1 heterocycles. The van der Waals surface area contributed by atoms with Crippen LogP contribution in [-0.2, 0) is 24.5 Å². The van der Waals surface area contributed by atoms with Crippen molar-refractivity contribution in [3.05, 3.63) is 83.9 Å². The van der Waals surface area contributed by atoms with Crippen molar-refractivity contribution >= 4 is 29.2 Å². The van der Waals surface area contributed by atoms with Crippen molar-refractivity contribution in [2.45, 2.75) is 39.5 Å². The van der Waals surface area contributed by atoms with E-state index in [0.717, 1.165) is 11.3 Å². The number of para-hydroxylation sites is 1. The van der Waals surface area contributed by atoms with E-state index in [9.17, 15) is 14.4 Å². The van der Waals surface area contributed by atoms with Gasteiger partial charge in [-0.25, -0.2) is 0 Å². The summed E-state index contributed by atoms with van der Waals surface area (Å²) in [4.78, 5) is 38.9. The maximum absolute atomic E-state index is 12.6. The van der Waals surface area contributed by atoms with E-state index >= 15 is 0 Å². The van der Waals surface area contributed by atoms with E-state index in [1.165, 1.54) is 5.56 Å². The summed E-state index contributed by atoms with van der Waals surface area (Å²) >= 11 is 0. The van der Waals surface area contributed by atoms with Crippen molar-refractivity contribution in [1.82, 2.24) is 0 Å². The summed E-state index contributed by atoms with van der Waals surface area (Å²) in [5.74, 6) is -0.405. The Kier molecular flexibility index (Phi) is 7.62. The first-order chi connectivity index (χ1) is 17.6. The molecule has 0 radical (unpaired) electrons. The Labute approximate surface area is 217 Å². The van der Waals surface area contributed by atoms with E-state index < -0.39 is 24.4 Å². The molecule has 4 rings (SSSR count). The number of carbonyl (C=O) groups is 3. The van der Waals surface area contributed by atoms with Crippen LogP contribution < -0.4 is 15.0 Å². The van der Waals surface area contributed by atoms with Gasteiger partial charge in [-0.3, -0.25) is 14.4 Å². The Morgan fingerprint density at radius 2 is 1.57 bits per heavy atom. The van der Waals surface area contributed by atoms with Crippen molar-refractivity contribution in [2.75, 3.05) is 23.4 Å². The Balaban J connectivity index is 1.29. The Hall–Kier alpha value is -4.13. The van der Waals surface area contributed by atoms with Crippen LogP contribution >= 0.6 is 0 Å². The Morgan fingerprint density at radius 3 is 2.19 bits per heavy atom. The number of amides is 2. The van der Waals surface area contributed by atoms with E-state index in [1.54, 1.807) is 35.2 Å². The number of nitrogens with zero attached hydrogens (tertiary/aromatic N) is 1. The SMILES string of the molecule is Cc1ccccc1NC(=O)COC(=O)[C@H]1CC(=O)N(c2ccc(Oc3ccc(C(C)(C)C)cc3)cc2)C1. The van der Waals surface area contributed by atoms with Crippen molar-refractivity contribution in [3.63, 3.8) is 0 Å². The lowest BCUT2D eigenvalue weighted by atomic mass is 9.87. The number of nitrogens with one attached hydrogen (secondary N) is 1. The molecule has 0 bridgehead atoms. The molecule has 3 aromatic carbocycles. The van der Waals surface area contributed by atoms with Crippen LogP contribution in [-0.4, -0.2) is 30.9 Å². The number of esters is 1. The van der Waals surface area contributed by atoms with Crippen LogP contribution in [0.2, 0.25) is 0 Å². The standard InChI is InChI=1S/C30H32N2O5/c1-20-7-5-6-8-26(20)31-27(33)19-36-29(35)21-17-28(34)32(18-21)23-11-15-25(16-12-23)37-24-13-9-22(10-14-24)30(2,3)4/h5-16,21H,17-19H2,1-4H3,(H,31,33)/t21-/m0/s1. The largest absolute Gasteiger partial charge is 0.457 e. The molecule has 1 atom stereocenters. The van der Waals surface area contributed by atoms with E-state index in [0.29, 0.717) is 17.1 Å². The van der Waals surface area contributed by atoms with Gasteiger partial charge in [-0.2, -0.15) is 0 Å². The summed E-state index contributed by atoms with van der Waals surface area (Å²) in [6, 6.07) is 22.5. The maximum Gasteiger partial charge on any atom is 0.311 e. The van der Waals surface area contributed by atoms with Crippen molar-refractivity contribution < 1.29 is 23.9 Å². The van der Waals surface area contributed by atoms with Crippen LogP contribution in [0.4, 0.5) is 11.4 Å². The van der Waals surface area contributed by atoms with Crippen molar-refractivity contribution in [3.8, 4) is 11.5 Å². The van der Waals surface area contributed by atoms with Gasteiger partial charge >= 0.3 is 5.97 Å². The third-order valence-corrected chi connectivity index (χ3v) is 6.33. The first kappa shape index (κ1) is 25.9. The second-order valence-corrected chi connectivity index (χ2v) is 10.2. The minimum atomic E-state index is -0.629. The predicted octanol–water partition coefficient (Wildman–Crippen LogP) is 5.62. The van der Waals surface area contributed by atoms with Gasteiger partial charge in [0.2, 0.25) is 5.91 Å². The molecule has 2 amide bonds. The molecule has 0 unspecified atom stereocenters. The summed E-state index contributed by atoms with van der Waals surface area (Å²) in [7, 11) is 0. The lowest BCUT2D eigenvalue weighted by Gasteiger charge is -2.19. The second-order valence-electron chi connectivity index (χ2n) is 10.2. The van der Waals surface area contributed by atoms with Crippen molar-refractivity contribution in [1.29, 1.82) is 0 Å². The van der Waals surface area contributed by atoms with E-state index in [4.69, 9.17) is 9.47 Å². The summed E-state index contributed by atoms with van der Waals surface area (Å²) in [5.41, 5.74) is 3.55. The highest BCUT2D eigenvalue weighted by atomic mass is 16.5. The zero-order valence-corrected chi connectivity index (χ0v) is 21.6. The fourth-order valence-corrected chi connectivity index (χ4v) is 4.12. The maximum atomic E-state index is 12.6. The van der Waals surface area contributed by atoms with Gasteiger partial charge < -0.3 is 19.7 Å². The molecule has 7 nitrogen and oxygen atoms in total. The lowest BCUT2D eigenvalue weighted by molar-refractivity contribution is -0.151. The van der Waals surface area contributed by atoms with E-state index in [-0.39, 0.29) is 24.3 Å². The summed E-state index contributed by atoms with van der Waals surface area (Å²) < 4.78 is 11.1. The molecule has 37 heavy (non-hydrogen) atoms. The lowest BCUT2D eigenvalue weighted by Crippen LogP contribution is -2.28. The quantitative estimate of drug-likeness (QED) is 0.426. The number of anilines is 2. The molecular weight excluding hydrogens is 468 g/mol. The van der Waals surface area contributed by atoms with Gasteiger partial charge in [0.25, 0.3) is 5.91 Å². The summed E-state index contributed by atoms with van der Waals surface area (Å²) in [6.45, 7) is 8.16. The van der Waals surface area contributed by atoms with Gasteiger partial charge in [-0.05, 0) is 65.9 Å². The molecule has 0 aliphatic carbocycles. The van der Waals surface area contributed by atoms with E-state index in [2.05, 4.69) is 38.2 Å². The van der Waals surface area contributed by atoms with Gasteiger partial charge in [0.05, 0.1) is 5.92 Å². The fourth-order valence-electron chi connectivity index (χ4n) is 4.12. The first-order valence-electron chi connectivity index (χ1n) is 12.3. The molecule has 7 heteroatoms. The molecule has 0 saturated carbocycles. The molecule has 3 aromatic rings. The third kappa shape index (κ3) is 6.55. The molecule has 1 aliphatic rings. The monoisotopic (exact) mass is 500 g/mol. The van der Waals surface area contributed by atoms with Crippen LogP contribution in [0.3, 0.4) is 0 Å². The smallest absolute Gasteiger partial charge is 0.311 e. The highest BCUT2D eigenvalue weighted by Crippen LogP contribution is 2.30. The summed E-state index contributed by atoms with van der Waals surface area (Å²) in [6.07, 6.45) is 0.0383. The third-order valence-electron chi connectivity index (χ3n) is 6.33. The molecule has 1 fully saturated rings. The molecule has 1 saturated heterocycles. The minimum absolute atomic E-state index is 0.0383. The van der Waals surface area contributed by atoms with Gasteiger partial charge in [0.15, 0.2) is 6.61 Å². The Bertz CT molecular complexity index is 1280. The van der Waals surface area contributed by atoms with Crippen LogP contribution in [0.1, 0.15) is 38.3 Å². The van der Waals surface area contributed by atoms with Gasteiger partial charge in [-0.15, -0.1) is 0 Å². The first-order valence-corrected chi connectivity index (χ1v) is 12.3. The predicted molar refractivity (Wildman–Crippen MR) is 143 cm³/mol. The highest BCUT2D eigenvalue weighted by Gasteiger charge is 2.36. The second kappa shape index (κ2) is 10.9. The van der Waals surface area contributed by atoms with Crippen LogP contribution in [0.15, 0.2) is 72.8 Å². The molecule has 192 valence electrons. The molecule has 1 aliphatic heterocycles. The Morgan fingerprint density at radius 1 is 0.946 bits per heavy atom. The number of hydrogen-bond acceptors (Lipinski definition) is 5. The van der Waals surface area contributed by atoms with Crippen LogP contribution in [0.25, 0.3) is 0 Å². The number of carbonyl (C=O) groups excluding carboxylic acids is 3. The van der Waals surface area contributed by atoms with Gasteiger partial charge in [0.1, 0.15) is 11.5 Å². The summed E-state index contributed by atoms with van der Waals surface area (Å²) in [5, 5.41) is 2.73. The zero-order valence-electron chi connectivity index (χ0n) is 21.6. The average Bonchev–Trinajstić information content (AvgIpc) is 3.26. The molecular formula is C30H32N2O5. The number of ether oxygens (including phenoxy) is 2. The number of hydrogen-bond donors (Lipinski definition) is 1. The topological polar surface area (TPSA) is 84.9 Å². The number of benzene rings is 3. The fraction of sp³-hybridized carbons (Fsp3) is 0.300. The van der Waals surface area contributed by atoms with E-state index in [1.807, 2.05) is 37.3 Å². The molecule has 0 aromatic heterocycles. The van der Waals surface area contributed by atoms with Crippen molar-refractivity contribution in [2.24, 2.45) is 5.92 Å². The molecule has 1 N–H and O–H groups in total. The number of rotatable bonds is 7. The minimum Gasteiger partial charge on any atom is -0.457 e. The molecule has 0 spiro atoms. The van der Waals surface area contributed by atoms with Crippen LogP contribution in [0.5, 0.6) is 11.5 Å². The van der Waals surface area contributed by atoms with Crippen LogP contribution in [0, 0.1) is 12.8 Å². The van der Waals surface area contributed by atoms with Gasteiger partial charge in [-0.1, -0.05) is 51.1 Å². The van der Waals surface area contributed by atoms with Gasteiger partial charge in [0, 0.05) is 24.3 Å².